The van der Waals surface area contributed by atoms with Gasteiger partial charge in [-0.3, -0.25) is 19.3 Å². The second-order valence-electron chi connectivity index (χ2n) is 9.74. The van der Waals surface area contributed by atoms with Crippen LogP contribution in [-0.2, 0) is 9.59 Å². The maximum atomic E-state index is 13.6. The molecule has 10 heteroatoms. The number of Topliss-reactive ketones (excluding diaryl/α,β-unsaturated/α-hetero) is 2. The van der Waals surface area contributed by atoms with Gasteiger partial charge in [0.2, 0.25) is 0 Å². The van der Waals surface area contributed by atoms with Gasteiger partial charge in [0.25, 0.3) is 5.91 Å². The summed E-state index contributed by atoms with van der Waals surface area (Å²) in [6.07, 6.45) is -0.333. The number of likely N-dealkylation sites (N-methyl/N-ethyl adjacent to an activating group) is 1. The fraction of sp³-hybridized carbons (Fsp3) is 0.458. The van der Waals surface area contributed by atoms with Crippen LogP contribution in [0.2, 0.25) is 0 Å². The molecular weight excluding hydrogens is 442 g/mol. The van der Waals surface area contributed by atoms with Crippen LogP contribution in [0.3, 0.4) is 0 Å². The van der Waals surface area contributed by atoms with Gasteiger partial charge in [0.05, 0.1) is 23.4 Å². The van der Waals surface area contributed by atoms with Crippen molar-refractivity contribution < 1.29 is 34.8 Å². The predicted octanol–water partition coefficient (Wildman–Crippen LogP) is -0.167. The molecule has 0 fully saturated rings. The van der Waals surface area contributed by atoms with E-state index in [0.717, 1.165) is 6.08 Å². The first-order valence-electron chi connectivity index (χ1n) is 10.9. The number of benzene rings is 1. The molecule has 1 aromatic carbocycles. The average molecular weight is 472 g/mol. The van der Waals surface area contributed by atoms with Gasteiger partial charge < -0.3 is 31.1 Å². The first kappa shape index (κ1) is 23.9. The van der Waals surface area contributed by atoms with Crippen molar-refractivity contribution in [3.05, 3.63) is 46.2 Å². The lowest BCUT2D eigenvalue weighted by molar-refractivity contribution is -0.143. The second-order valence-corrected chi connectivity index (χ2v) is 9.74. The molecule has 182 valence electrons. The Labute approximate surface area is 196 Å². The summed E-state index contributed by atoms with van der Waals surface area (Å²) in [6, 6.07) is 2.21. The number of anilines is 1. The van der Waals surface area contributed by atoms with E-state index in [4.69, 9.17) is 5.73 Å². The van der Waals surface area contributed by atoms with E-state index in [1.54, 1.807) is 52.1 Å². The first-order chi connectivity index (χ1) is 15.8. The van der Waals surface area contributed by atoms with Gasteiger partial charge in [-0.05, 0) is 37.7 Å². The smallest absolute Gasteiger partial charge is 0.255 e. The van der Waals surface area contributed by atoms with E-state index in [9.17, 15) is 34.8 Å². The highest BCUT2D eigenvalue weighted by atomic mass is 16.3. The van der Waals surface area contributed by atoms with Gasteiger partial charge in [-0.15, -0.1) is 0 Å². The number of amides is 1. The number of carbonyl (C=O) groups is 3. The highest BCUT2D eigenvalue weighted by molar-refractivity contribution is 6.22. The van der Waals surface area contributed by atoms with Crippen LogP contribution in [0.1, 0.15) is 28.8 Å². The molecule has 3 aliphatic rings. The Morgan fingerprint density at radius 1 is 1.12 bits per heavy atom. The van der Waals surface area contributed by atoms with Crippen molar-refractivity contribution in [3.8, 4) is 5.75 Å². The normalized spacial score (nSPS) is 32.7. The van der Waals surface area contributed by atoms with E-state index < -0.39 is 64.3 Å². The number of phenols is 1. The van der Waals surface area contributed by atoms with Crippen molar-refractivity contribution in [1.29, 1.82) is 0 Å². The van der Waals surface area contributed by atoms with E-state index in [2.05, 4.69) is 0 Å². The molecule has 0 spiro atoms. The summed E-state index contributed by atoms with van der Waals surface area (Å²) in [6.45, 7) is 1.78. The second kappa shape index (κ2) is 7.66. The van der Waals surface area contributed by atoms with Crippen LogP contribution >= 0.6 is 0 Å². The zero-order valence-corrected chi connectivity index (χ0v) is 19.6. The lowest BCUT2D eigenvalue weighted by Crippen LogP contribution is -2.66. The first-order valence-corrected chi connectivity index (χ1v) is 10.9. The molecule has 4 rings (SSSR count). The number of hydrogen-bond donors (Lipinski definition) is 5. The quantitative estimate of drug-likeness (QED) is 0.377. The average Bonchev–Trinajstić information content (AvgIpc) is 2.72. The largest absolute Gasteiger partial charge is 0.508 e. The van der Waals surface area contributed by atoms with Crippen LogP contribution in [0.5, 0.6) is 5.75 Å². The maximum absolute atomic E-state index is 13.6. The summed E-state index contributed by atoms with van der Waals surface area (Å²) >= 11 is 0. The Kier molecular flexibility index (Phi) is 5.39. The summed E-state index contributed by atoms with van der Waals surface area (Å²) < 4.78 is 0. The molecule has 6 N–H and O–H groups in total. The molecule has 10 nitrogen and oxygen atoms in total. The zero-order valence-electron chi connectivity index (χ0n) is 19.6. The van der Waals surface area contributed by atoms with Crippen LogP contribution in [0.15, 0.2) is 35.1 Å². The van der Waals surface area contributed by atoms with Crippen molar-refractivity contribution in [2.75, 3.05) is 33.1 Å². The topological polar surface area (TPSA) is 165 Å². The highest BCUT2D eigenvalue weighted by Crippen LogP contribution is 2.54. The predicted molar refractivity (Wildman–Crippen MR) is 123 cm³/mol. The van der Waals surface area contributed by atoms with Gasteiger partial charge in [0, 0.05) is 31.5 Å². The van der Waals surface area contributed by atoms with Crippen molar-refractivity contribution in [3.63, 3.8) is 0 Å². The number of nitrogens with zero attached hydrogens (tertiary/aromatic N) is 2. The van der Waals surface area contributed by atoms with Crippen LogP contribution in [0, 0.1) is 11.8 Å². The number of rotatable bonds is 3. The standard InChI is InChI=1S/C24H29N3O7/c1-9-10-6-7-12(26(2)3)19(29)14(10)18(28)11-8-24(34)16(20(30)13(9)11)17(27(4)5)21(31)15(22(24)32)23(25)33/h6-9,13,16-17,20,29-30,32,34H,1-5H3,(H2,25,33)/t9-,13?,16?,17-,20-,24+/m0/s1. The molecule has 1 aromatic rings. The Morgan fingerprint density at radius 2 is 1.74 bits per heavy atom. The fourth-order valence-corrected chi connectivity index (χ4v) is 5.87. The van der Waals surface area contributed by atoms with Crippen molar-refractivity contribution in [2.24, 2.45) is 17.6 Å². The Balaban J connectivity index is 2.01. The summed E-state index contributed by atoms with van der Waals surface area (Å²) in [5.74, 6) is -6.45. The molecular formula is C24H29N3O7. The number of hydrogen-bond acceptors (Lipinski definition) is 9. The number of ketones is 2. The van der Waals surface area contributed by atoms with E-state index in [1.165, 1.54) is 4.90 Å². The third-order valence-corrected chi connectivity index (χ3v) is 7.44. The van der Waals surface area contributed by atoms with Gasteiger partial charge in [0.1, 0.15) is 22.7 Å². The summed E-state index contributed by atoms with van der Waals surface area (Å²) in [4.78, 5) is 41.8. The summed E-state index contributed by atoms with van der Waals surface area (Å²) in [5.41, 5.74) is 3.15. The molecule has 1 amide bonds. The van der Waals surface area contributed by atoms with Crippen molar-refractivity contribution in [2.45, 2.75) is 30.6 Å². The SMILES string of the molecule is C[C@H]1c2ccc(N(C)C)c(O)c2C(=O)C2=C[C@]3(O)C(O)=C(C(N)=O)C(=O)[C@@H](N(C)C)C3[C@@H](O)C21. The Hall–Kier alpha value is -3.21. The van der Waals surface area contributed by atoms with Crippen molar-refractivity contribution >= 4 is 23.2 Å². The maximum Gasteiger partial charge on any atom is 0.255 e. The highest BCUT2D eigenvalue weighted by Gasteiger charge is 2.62. The fourth-order valence-electron chi connectivity index (χ4n) is 5.87. The molecule has 34 heavy (non-hydrogen) atoms. The van der Waals surface area contributed by atoms with Gasteiger partial charge in [-0.1, -0.05) is 13.0 Å². The van der Waals surface area contributed by atoms with Gasteiger partial charge >= 0.3 is 0 Å². The number of nitrogens with two attached hydrogens (primary N) is 1. The number of carbonyl (C=O) groups excluding carboxylic acids is 3. The zero-order chi connectivity index (χ0) is 25.4. The van der Waals surface area contributed by atoms with E-state index in [0.29, 0.717) is 11.3 Å². The van der Waals surface area contributed by atoms with Crippen molar-refractivity contribution in [1.82, 2.24) is 4.90 Å². The van der Waals surface area contributed by atoms with Gasteiger partial charge in [0.15, 0.2) is 11.6 Å². The number of aliphatic hydroxyl groups excluding tert-OH is 2. The molecule has 6 atom stereocenters. The third kappa shape index (κ3) is 2.95. The Morgan fingerprint density at radius 3 is 2.26 bits per heavy atom. The molecule has 0 radical (unpaired) electrons. The molecule has 0 bridgehead atoms. The van der Waals surface area contributed by atoms with Gasteiger partial charge in [-0.2, -0.15) is 0 Å². The molecule has 0 heterocycles. The Bertz CT molecular complexity index is 1190. The minimum Gasteiger partial charge on any atom is -0.508 e. The lowest BCUT2D eigenvalue weighted by atomic mass is 9.56. The summed E-state index contributed by atoms with van der Waals surface area (Å²) in [5, 5.41) is 44.9. The minimum atomic E-state index is -2.40. The number of aromatic hydroxyl groups is 1. The number of primary amides is 1. The summed E-state index contributed by atoms with van der Waals surface area (Å²) in [7, 11) is 6.52. The van der Waals surface area contributed by atoms with E-state index in [-0.39, 0.29) is 16.9 Å². The lowest BCUT2D eigenvalue weighted by Gasteiger charge is -2.52. The molecule has 2 unspecified atom stereocenters. The van der Waals surface area contributed by atoms with E-state index in [1.807, 2.05) is 0 Å². The van der Waals surface area contributed by atoms with Crippen LogP contribution in [0.4, 0.5) is 5.69 Å². The van der Waals surface area contributed by atoms with Crippen LogP contribution < -0.4 is 10.6 Å². The monoisotopic (exact) mass is 471 g/mol. The molecule has 0 saturated carbocycles. The number of phenolic OH excluding ortho intramolecular Hbond substituents is 1. The number of fused-ring (bicyclic) bond motifs is 3. The van der Waals surface area contributed by atoms with Gasteiger partial charge in [-0.25, -0.2) is 0 Å². The molecule has 3 aliphatic carbocycles. The molecule has 0 aromatic heterocycles. The molecule has 0 saturated heterocycles. The van der Waals surface area contributed by atoms with E-state index >= 15 is 0 Å². The third-order valence-electron chi connectivity index (χ3n) is 7.44. The van der Waals surface area contributed by atoms with Crippen LogP contribution in [0.25, 0.3) is 0 Å². The minimum absolute atomic E-state index is 0.0142. The number of aliphatic hydroxyl groups is 3. The van der Waals surface area contributed by atoms with Crippen LogP contribution in [-0.4, -0.2) is 88.7 Å². The molecule has 0 aliphatic heterocycles.